The molecule has 0 amide bonds. The lowest BCUT2D eigenvalue weighted by Crippen LogP contribution is -2.48. The third-order valence-electron chi connectivity index (χ3n) is 7.18. The first-order chi connectivity index (χ1) is 9.84. The Morgan fingerprint density at radius 2 is 1.95 bits per heavy atom. The van der Waals surface area contributed by atoms with Crippen molar-refractivity contribution in [1.29, 1.82) is 0 Å². The topological polar surface area (TPSA) is 34.1 Å². The lowest BCUT2D eigenvalue weighted by Gasteiger charge is -2.53. The van der Waals surface area contributed by atoms with Gasteiger partial charge in [0.2, 0.25) is 0 Å². The third kappa shape index (κ3) is 2.22. The average Bonchev–Trinajstić information content (AvgIpc) is 2.44. The molecule has 0 unspecified atom stereocenters. The molecule has 0 aromatic rings. The van der Waals surface area contributed by atoms with Gasteiger partial charge in [0.15, 0.2) is 5.78 Å². The maximum absolute atomic E-state index is 12.1. The molecule has 2 saturated carbocycles. The molecule has 0 saturated heterocycles. The van der Waals surface area contributed by atoms with Crippen molar-refractivity contribution in [2.45, 2.75) is 59.8 Å². The number of hydrogen-bond donors (Lipinski definition) is 0. The third-order valence-corrected chi connectivity index (χ3v) is 7.18. The molecule has 0 N–H and O–H groups in total. The molecule has 116 valence electrons. The van der Waals surface area contributed by atoms with Crippen LogP contribution in [-0.4, -0.2) is 11.6 Å². The van der Waals surface area contributed by atoms with Gasteiger partial charge in [-0.3, -0.25) is 9.59 Å². The van der Waals surface area contributed by atoms with Gasteiger partial charge in [-0.25, -0.2) is 0 Å². The quantitative estimate of drug-likeness (QED) is 0.725. The molecule has 21 heavy (non-hydrogen) atoms. The van der Waals surface area contributed by atoms with Crippen LogP contribution in [0, 0.1) is 35.0 Å². The van der Waals surface area contributed by atoms with Gasteiger partial charge in [-0.05, 0) is 68.8 Å². The molecule has 0 aromatic heterocycles. The van der Waals surface area contributed by atoms with Crippen LogP contribution in [-0.2, 0) is 9.59 Å². The molecule has 6 atom stereocenters. The van der Waals surface area contributed by atoms with E-state index in [9.17, 15) is 9.59 Å². The zero-order valence-electron chi connectivity index (χ0n) is 13.8. The van der Waals surface area contributed by atoms with E-state index in [-0.39, 0.29) is 11.3 Å². The Labute approximate surface area is 128 Å². The molecule has 0 heterocycles. The van der Waals surface area contributed by atoms with Crippen LogP contribution in [0.5, 0.6) is 0 Å². The molecule has 0 aliphatic heterocycles. The Morgan fingerprint density at radius 1 is 1.24 bits per heavy atom. The minimum absolute atomic E-state index is 0.127. The van der Waals surface area contributed by atoms with Gasteiger partial charge < -0.3 is 0 Å². The highest BCUT2D eigenvalue weighted by molar-refractivity contribution is 5.93. The molecule has 0 spiro atoms. The molecule has 2 nitrogen and oxygen atoms in total. The minimum atomic E-state index is -0.127. The summed E-state index contributed by atoms with van der Waals surface area (Å²) in [6.45, 7) is 8.32. The summed E-state index contributed by atoms with van der Waals surface area (Å²) in [6, 6.07) is 0. The van der Waals surface area contributed by atoms with Crippen LogP contribution < -0.4 is 0 Å². The van der Waals surface area contributed by atoms with E-state index in [1.54, 1.807) is 6.92 Å². The number of allylic oxidation sites excluding steroid dienone is 2. The minimum Gasteiger partial charge on any atom is -0.299 e. The maximum Gasteiger partial charge on any atom is 0.158 e. The van der Waals surface area contributed by atoms with E-state index in [0.29, 0.717) is 35.2 Å². The summed E-state index contributed by atoms with van der Waals surface area (Å²) >= 11 is 0. The van der Waals surface area contributed by atoms with Gasteiger partial charge in [-0.15, -0.1) is 0 Å². The zero-order valence-corrected chi connectivity index (χ0v) is 13.8. The summed E-state index contributed by atoms with van der Waals surface area (Å²) < 4.78 is 0. The van der Waals surface area contributed by atoms with Crippen LogP contribution >= 0.6 is 0 Å². The smallest absolute Gasteiger partial charge is 0.158 e. The van der Waals surface area contributed by atoms with Crippen molar-refractivity contribution in [3.8, 4) is 0 Å². The van der Waals surface area contributed by atoms with E-state index in [4.69, 9.17) is 0 Å². The van der Waals surface area contributed by atoms with Gasteiger partial charge in [0.05, 0.1) is 0 Å². The van der Waals surface area contributed by atoms with Gasteiger partial charge in [-0.2, -0.15) is 0 Å². The second-order valence-corrected chi connectivity index (χ2v) is 8.03. The molecule has 0 aromatic carbocycles. The first kappa shape index (κ1) is 15.0. The first-order valence-electron chi connectivity index (χ1n) is 8.60. The van der Waals surface area contributed by atoms with Crippen molar-refractivity contribution in [2.24, 2.45) is 35.0 Å². The maximum atomic E-state index is 12.1. The molecule has 2 heteroatoms. The molecule has 3 aliphatic carbocycles. The number of ketones is 2. The number of Topliss-reactive ketones (excluding diaryl/α,β-unsaturated/α-hetero) is 1. The number of hydrogen-bond acceptors (Lipinski definition) is 2. The van der Waals surface area contributed by atoms with E-state index < -0.39 is 0 Å². The van der Waals surface area contributed by atoms with Crippen molar-refractivity contribution < 1.29 is 9.59 Å². The van der Waals surface area contributed by atoms with E-state index in [1.807, 2.05) is 6.08 Å². The highest BCUT2D eigenvalue weighted by Gasteiger charge is 2.51. The molecule has 0 bridgehead atoms. The van der Waals surface area contributed by atoms with Crippen molar-refractivity contribution in [1.82, 2.24) is 0 Å². The lowest BCUT2D eigenvalue weighted by atomic mass is 9.51. The lowest BCUT2D eigenvalue weighted by molar-refractivity contribution is -0.135. The van der Waals surface area contributed by atoms with Gasteiger partial charge in [0.1, 0.15) is 5.78 Å². The summed E-state index contributed by atoms with van der Waals surface area (Å²) in [5.74, 6) is 3.32. The summed E-state index contributed by atoms with van der Waals surface area (Å²) in [7, 11) is 0. The number of carbonyl (C=O) groups is 2. The predicted octanol–water partition coefficient (Wildman–Crippen LogP) is 4.19. The summed E-state index contributed by atoms with van der Waals surface area (Å²) in [5.41, 5.74) is 1.29. The van der Waals surface area contributed by atoms with Gasteiger partial charge in [-0.1, -0.05) is 26.3 Å². The average molecular weight is 288 g/mol. The van der Waals surface area contributed by atoms with Crippen LogP contribution in [0.1, 0.15) is 59.8 Å². The van der Waals surface area contributed by atoms with Crippen molar-refractivity contribution in [3.05, 3.63) is 11.6 Å². The highest BCUT2D eigenvalue weighted by Crippen LogP contribution is 2.56. The monoisotopic (exact) mass is 288 g/mol. The number of rotatable bonds is 1. The molecular weight excluding hydrogens is 260 g/mol. The van der Waals surface area contributed by atoms with Gasteiger partial charge in [0, 0.05) is 11.3 Å². The standard InChI is InChI=1S/C19H28O2/c1-11-9-17-14(10-18(11)21)5-6-15-12(2)19(4,13(3)20)8-7-16(15)17/h10-12,15-17H,5-9H2,1-4H3/t11-,12-,15-,16-,17-,19-/m0/s1. The summed E-state index contributed by atoms with van der Waals surface area (Å²) in [4.78, 5) is 24.1. The normalized spacial score (nSPS) is 46.4. The molecular formula is C19H28O2. The Bertz CT molecular complexity index is 504. The van der Waals surface area contributed by atoms with Crippen molar-refractivity contribution in [3.63, 3.8) is 0 Å². The van der Waals surface area contributed by atoms with Crippen molar-refractivity contribution in [2.75, 3.05) is 0 Å². The van der Waals surface area contributed by atoms with E-state index in [0.717, 1.165) is 25.7 Å². The number of carbonyl (C=O) groups excluding carboxylic acids is 2. The van der Waals surface area contributed by atoms with Crippen LogP contribution in [0.25, 0.3) is 0 Å². The Hall–Kier alpha value is -0.920. The van der Waals surface area contributed by atoms with E-state index in [1.165, 1.54) is 12.0 Å². The fourth-order valence-corrected chi connectivity index (χ4v) is 5.33. The Morgan fingerprint density at radius 3 is 2.62 bits per heavy atom. The highest BCUT2D eigenvalue weighted by atomic mass is 16.1. The van der Waals surface area contributed by atoms with Crippen molar-refractivity contribution >= 4 is 11.6 Å². The zero-order chi connectivity index (χ0) is 15.4. The van der Waals surface area contributed by atoms with Crippen LogP contribution in [0.2, 0.25) is 0 Å². The van der Waals surface area contributed by atoms with Crippen LogP contribution in [0.15, 0.2) is 11.6 Å². The summed E-state index contributed by atoms with van der Waals surface area (Å²) in [6.07, 6.45) is 7.42. The Kier molecular flexibility index (Phi) is 3.62. The Balaban J connectivity index is 1.88. The fourth-order valence-electron chi connectivity index (χ4n) is 5.33. The molecule has 3 aliphatic rings. The van der Waals surface area contributed by atoms with E-state index in [2.05, 4.69) is 20.8 Å². The van der Waals surface area contributed by atoms with Gasteiger partial charge >= 0.3 is 0 Å². The van der Waals surface area contributed by atoms with Gasteiger partial charge in [0.25, 0.3) is 0 Å². The second kappa shape index (κ2) is 5.07. The van der Waals surface area contributed by atoms with Crippen LogP contribution in [0.3, 0.4) is 0 Å². The number of fused-ring (bicyclic) bond motifs is 3. The summed E-state index contributed by atoms with van der Waals surface area (Å²) in [5, 5.41) is 0. The second-order valence-electron chi connectivity index (χ2n) is 8.03. The molecule has 0 radical (unpaired) electrons. The SMILES string of the molecule is CC(=O)[C@@]1(C)CC[C@H]2[C@@H](CCC3=CC(=O)[C@@H](C)C[C@@H]32)[C@@H]1C. The molecule has 2 fully saturated rings. The molecule has 3 rings (SSSR count). The van der Waals surface area contributed by atoms with Crippen LogP contribution in [0.4, 0.5) is 0 Å². The first-order valence-corrected chi connectivity index (χ1v) is 8.60. The largest absolute Gasteiger partial charge is 0.299 e. The van der Waals surface area contributed by atoms with E-state index >= 15 is 0 Å². The predicted molar refractivity (Wildman–Crippen MR) is 83.8 cm³/mol. The fraction of sp³-hybridized carbons (Fsp3) is 0.789.